The zero-order chi connectivity index (χ0) is 20.3. The van der Waals surface area contributed by atoms with Crippen LogP contribution in [0.1, 0.15) is 6.92 Å². The van der Waals surface area contributed by atoms with Gasteiger partial charge < -0.3 is 14.6 Å². The number of ketones is 1. The van der Waals surface area contributed by atoms with E-state index >= 15 is 0 Å². The van der Waals surface area contributed by atoms with E-state index in [0.29, 0.717) is 24.1 Å². The first-order valence-electron chi connectivity index (χ1n) is 8.81. The average Bonchev–Trinajstić information content (AvgIpc) is 3.27. The number of nitrogens with one attached hydrogen (secondary N) is 1. The number of fused-ring (bicyclic) bond motifs is 1. The Morgan fingerprint density at radius 1 is 1.29 bits per heavy atom. The Bertz CT molecular complexity index is 995. The molecule has 9 heteroatoms. The number of hydrogen-bond acceptors (Lipinski definition) is 6. The van der Waals surface area contributed by atoms with Crippen LogP contribution in [-0.2, 0) is 20.9 Å². The molecule has 0 spiro atoms. The summed E-state index contributed by atoms with van der Waals surface area (Å²) >= 11 is 1.12. The van der Waals surface area contributed by atoms with Crippen LogP contribution in [0.2, 0.25) is 0 Å². The Hall–Kier alpha value is -2.65. The summed E-state index contributed by atoms with van der Waals surface area (Å²) < 4.78 is 7.12. The third kappa shape index (κ3) is 3.95. The van der Waals surface area contributed by atoms with Crippen LogP contribution in [0.25, 0.3) is 22.3 Å². The van der Waals surface area contributed by atoms with Gasteiger partial charge >= 0.3 is 0 Å². The Balaban J connectivity index is 2.03. The van der Waals surface area contributed by atoms with Gasteiger partial charge in [-0.1, -0.05) is 30.0 Å². The first kappa shape index (κ1) is 20.1. The van der Waals surface area contributed by atoms with Crippen molar-refractivity contribution in [3.05, 3.63) is 30.5 Å². The van der Waals surface area contributed by atoms with Gasteiger partial charge in [-0.05, 0) is 13.0 Å². The van der Waals surface area contributed by atoms with E-state index in [1.807, 2.05) is 35.0 Å². The van der Waals surface area contributed by atoms with Gasteiger partial charge in [0.2, 0.25) is 5.91 Å². The van der Waals surface area contributed by atoms with Crippen LogP contribution >= 0.6 is 11.8 Å². The summed E-state index contributed by atoms with van der Waals surface area (Å²) in [5, 5.41) is 9.31. The fourth-order valence-electron chi connectivity index (χ4n) is 2.86. The highest BCUT2D eigenvalue weighted by Crippen LogP contribution is 2.31. The zero-order valence-electron chi connectivity index (χ0n) is 16.3. The summed E-state index contributed by atoms with van der Waals surface area (Å²) in [6.07, 6.45) is 1.89. The molecule has 3 aromatic rings. The van der Waals surface area contributed by atoms with E-state index in [-0.39, 0.29) is 11.7 Å². The summed E-state index contributed by atoms with van der Waals surface area (Å²) in [7, 11) is 4.88. The lowest BCUT2D eigenvalue weighted by atomic mass is 10.1. The van der Waals surface area contributed by atoms with Crippen molar-refractivity contribution in [1.82, 2.24) is 24.6 Å². The lowest BCUT2D eigenvalue weighted by Gasteiger charge is -2.18. The number of carbonyl (C=O) groups is 2. The molecular weight excluding hydrogens is 378 g/mol. The number of ether oxygens (including phenoxy) is 1. The minimum atomic E-state index is -0.865. The van der Waals surface area contributed by atoms with Crippen LogP contribution in [0, 0.1) is 0 Å². The molecule has 148 valence electrons. The zero-order valence-corrected chi connectivity index (χ0v) is 17.1. The van der Waals surface area contributed by atoms with Crippen LogP contribution in [0.15, 0.2) is 35.6 Å². The number of methoxy groups -OCH3 is 1. The smallest absolute Gasteiger partial charge is 0.243 e. The molecule has 0 radical (unpaired) electrons. The van der Waals surface area contributed by atoms with Crippen molar-refractivity contribution >= 4 is 34.4 Å². The van der Waals surface area contributed by atoms with Gasteiger partial charge in [0.05, 0.1) is 13.2 Å². The van der Waals surface area contributed by atoms with E-state index in [4.69, 9.17) is 4.74 Å². The molecule has 1 amide bonds. The van der Waals surface area contributed by atoms with Crippen LogP contribution < -0.4 is 0 Å². The molecule has 1 N–H and O–H groups in total. The first-order valence-corrected chi connectivity index (χ1v) is 9.69. The van der Waals surface area contributed by atoms with Crippen molar-refractivity contribution in [3.8, 4) is 11.4 Å². The molecule has 0 saturated carbocycles. The molecule has 0 unspecified atom stereocenters. The van der Waals surface area contributed by atoms with Crippen LogP contribution in [0.4, 0.5) is 0 Å². The van der Waals surface area contributed by atoms with Crippen molar-refractivity contribution < 1.29 is 14.3 Å². The van der Waals surface area contributed by atoms with Gasteiger partial charge in [-0.15, -0.1) is 10.2 Å². The van der Waals surface area contributed by atoms with Crippen molar-refractivity contribution in [3.63, 3.8) is 0 Å². The largest absolute Gasteiger partial charge is 0.383 e. The molecule has 0 aliphatic rings. The molecule has 8 nitrogen and oxygen atoms in total. The molecule has 1 atom stereocenters. The summed E-state index contributed by atoms with van der Waals surface area (Å²) in [5.74, 6) is 0.169. The third-order valence-electron chi connectivity index (χ3n) is 4.32. The number of nitrogens with zero attached hydrogens (tertiary/aromatic N) is 4. The van der Waals surface area contributed by atoms with Crippen molar-refractivity contribution in [2.75, 3.05) is 27.8 Å². The number of carbonyl (C=O) groups excluding carboxylic acids is 2. The molecule has 0 saturated heterocycles. The van der Waals surface area contributed by atoms with Crippen LogP contribution in [0.3, 0.4) is 0 Å². The summed E-state index contributed by atoms with van der Waals surface area (Å²) in [4.78, 5) is 29.1. The number of Topliss-reactive ketones (excluding diaryl/α,β-unsaturated/α-hetero) is 1. The predicted molar refractivity (Wildman–Crippen MR) is 108 cm³/mol. The number of benzene rings is 1. The fraction of sp³-hybridized carbons (Fsp3) is 0.368. The molecule has 0 bridgehead atoms. The Morgan fingerprint density at radius 3 is 2.71 bits per heavy atom. The second-order valence-electron chi connectivity index (χ2n) is 6.54. The van der Waals surface area contributed by atoms with Gasteiger partial charge in [-0.25, -0.2) is 0 Å². The number of rotatable bonds is 8. The number of H-pyrrole nitrogens is 1. The Morgan fingerprint density at radius 2 is 2.04 bits per heavy atom. The van der Waals surface area contributed by atoms with Gasteiger partial charge in [0, 0.05) is 43.9 Å². The maximum absolute atomic E-state index is 12.4. The van der Waals surface area contributed by atoms with E-state index in [1.54, 1.807) is 21.2 Å². The number of aromatic nitrogens is 4. The average molecular weight is 401 g/mol. The fourth-order valence-corrected chi connectivity index (χ4v) is 3.94. The van der Waals surface area contributed by atoms with E-state index in [0.717, 1.165) is 28.2 Å². The summed E-state index contributed by atoms with van der Waals surface area (Å²) in [6, 6.07) is 7.93. The molecule has 3 rings (SSSR count). The maximum Gasteiger partial charge on any atom is 0.243 e. The maximum atomic E-state index is 12.4. The first-order chi connectivity index (χ1) is 13.4. The highest BCUT2D eigenvalue weighted by molar-refractivity contribution is 8.01. The molecule has 2 aromatic heterocycles. The standard InChI is InChI=1S/C19H23N5O3S/c1-12(25)16(18(26)23(2)3)28-19-22-21-17(24(19)9-10-27-4)14-11-20-15-8-6-5-7-13(14)15/h5-8,11,16,20H,9-10H2,1-4H3/t16-/m1/s1. The molecule has 1 aromatic carbocycles. The van der Waals surface area contributed by atoms with Crippen molar-refractivity contribution in [1.29, 1.82) is 0 Å². The Labute approximate surface area is 167 Å². The minimum Gasteiger partial charge on any atom is -0.383 e. The van der Waals surface area contributed by atoms with Crippen molar-refractivity contribution in [2.45, 2.75) is 23.9 Å². The number of aromatic amines is 1. The van der Waals surface area contributed by atoms with E-state index in [2.05, 4.69) is 15.2 Å². The van der Waals surface area contributed by atoms with Crippen molar-refractivity contribution in [2.24, 2.45) is 0 Å². The van der Waals surface area contributed by atoms with E-state index < -0.39 is 5.25 Å². The van der Waals surface area contributed by atoms with Gasteiger partial charge in [-0.3, -0.25) is 14.2 Å². The molecule has 0 fully saturated rings. The topological polar surface area (TPSA) is 93.1 Å². The van der Waals surface area contributed by atoms with E-state index in [1.165, 1.54) is 11.8 Å². The SMILES string of the molecule is COCCn1c(S[C@H](C(C)=O)C(=O)N(C)C)nnc1-c1c[nH]c2ccccc12. The molecule has 0 aliphatic heterocycles. The van der Waals surface area contributed by atoms with E-state index in [9.17, 15) is 9.59 Å². The monoisotopic (exact) mass is 401 g/mol. The number of thioether (sulfide) groups is 1. The third-order valence-corrected chi connectivity index (χ3v) is 5.61. The van der Waals surface area contributed by atoms with Gasteiger partial charge in [-0.2, -0.15) is 0 Å². The highest BCUT2D eigenvalue weighted by atomic mass is 32.2. The Kier molecular flexibility index (Phi) is 6.15. The molecule has 0 aliphatic carbocycles. The summed E-state index contributed by atoms with van der Waals surface area (Å²) in [6.45, 7) is 2.37. The lowest BCUT2D eigenvalue weighted by Crippen LogP contribution is -2.36. The number of hydrogen-bond donors (Lipinski definition) is 1. The molecular formula is C19H23N5O3S. The van der Waals surface area contributed by atoms with Gasteiger partial charge in [0.25, 0.3) is 0 Å². The molecule has 28 heavy (non-hydrogen) atoms. The second-order valence-corrected chi connectivity index (χ2v) is 7.61. The van der Waals surface area contributed by atoms with Gasteiger partial charge in [0.1, 0.15) is 5.25 Å². The normalized spacial score (nSPS) is 12.3. The van der Waals surface area contributed by atoms with Crippen LogP contribution in [-0.4, -0.2) is 69.4 Å². The second kappa shape index (κ2) is 8.57. The molecule has 2 heterocycles. The minimum absolute atomic E-state index is 0.223. The number of amides is 1. The predicted octanol–water partition coefficient (Wildman–Crippen LogP) is 2.21. The van der Waals surface area contributed by atoms with Crippen LogP contribution in [0.5, 0.6) is 0 Å². The number of para-hydroxylation sites is 1. The quantitative estimate of drug-likeness (QED) is 0.459. The summed E-state index contributed by atoms with van der Waals surface area (Å²) in [5.41, 5.74) is 1.90. The van der Waals surface area contributed by atoms with Gasteiger partial charge in [0.15, 0.2) is 16.8 Å². The highest BCUT2D eigenvalue weighted by Gasteiger charge is 2.29. The lowest BCUT2D eigenvalue weighted by molar-refractivity contribution is -0.132.